The molecular weight excluding hydrogens is 495 g/mol. The van der Waals surface area contributed by atoms with Crippen LogP contribution in [0.3, 0.4) is 0 Å². The standard InChI is InChI=1S/C19H17ClF3N9O3/c1-34-9-13(35-2)16-12(8-24-15-6-14(20)30-31(15)16)29-18(33)28-10-5-11(19(21,22)23)17(25-7-10)32-26-3-4-27-32/h3-8,13H,9H2,1-2H3,(H2,28,29,33). The first-order valence-corrected chi connectivity index (χ1v) is 10.2. The summed E-state index contributed by atoms with van der Waals surface area (Å²) in [5.41, 5.74) is -0.448. The van der Waals surface area contributed by atoms with Crippen molar-refractivity contribution in [3.05, 3.63) is 53.3 Å². The number of nitrogens with one attached hydrogen (secondary N) is 2. The van der Waals surface area contributed by atoms with Crippen LogP contribution in [0.2, 0.25) is 5.15 Å². The van der Waals surface area contributed by atoms with Gasteiger partial charge in [0.05, 0.1) is 42.8 Å². The fourth-order valence-electron chi connectivity index (χ4n) is 3.24. The Morgan fingerprint density at radius 2 is 1.89 bits per heavy atom. The number of alkyl halides is 3. The summed E-state index contributed by atoms with van der Waals surface area (Å²) in [6.45, 7) is 0.102. The van der Waals surface area contributed by atoms with Gasteiger partial charge in [0.15, 0.2) is 16.6 Å². The van der Waals surface area contributed by atoms with E-state index in [1.165, 1.54) is 43.4 Å². The third-order valence-electron chi connectivity index (χ3n) is 4.68. The molecule has 2 N–H and O–H groups in total. The van der Waals surface area contributed by atoms with Crippen LogP contribution < -0.4 is 10.6 Å². The van der Waals surface area contributed by atoms with Crippen LogP contribution in [0, 0.1) is 0 Å². The van der Waals surface area contributed by atoms with Crippen LogP contribution in [0.4, 0.5) is 29.3 Å². The van der Waals surface area contributed by atoms with Crippen molar-refractivity contribution in [3.8, 4) is 5.82 Å². The SMILES string of the molecule is COCC(OC)c1c(NC(=O)Nc2cnc(-n3nccn3)c(C(F)(F)F)c2)cnc2cc(Cl)nn12. The number of rotatable bonds is 7. The summed E-state index contributed by atoms with van der Waals surface area (Å²) in [7, 11) is 2.90. The molecule has 0 aliphatic carbocycles. The van der Waals surface area contributed by atoms with E-state index in [0.29, 0.717) is 11.3 Å². The topological polar surface area (TPSA) is 133 Å². The molecule has 4 rings (SSSR count). The second-order valence-electron chi connectivity index (χ2n) is 6.96. The highest BCUT2D eigenvalue weighted by Crippen LogP contribution is 2.34. The Hall–Kier alpha value is -3.82. The molecule has 16 heteroatoms. The van der Waals surface area contributed by atoms with E-state index in [1.54, 1.807) is 0 Å². The van der Waals surface area contributed by atoms with E-state index in [2.05, 4.69) is 35.9 Å². The van der Waals surface area contributed by atoms with Gasteiger partial charge in [-0.3, -0.25) is 0 Å². The molecule has 1 atom stereocenters. The molecule has 0 aromatic carbocycles. The molecule has 12 nitrogen and oxygen atoms in total. The number of urea groups is 1. The summed E-state index contributed by atoms with van der Waals surface area (Å²) < 4.78 is 52.9. The van der Waals surface area contributed by atoms with E-state index in [1.807, 2.05) is 0 Å². The number of fused-ring (bicyclic) bond motifs is 1. The van der Waals surface area contributed by atoms with Gasteiger partial charge in [-0.2, -0.15) is 28.5 Å². The zero-order valence-corrected chi connectivity index (χ0v) is 18.9. The number of halogens is 4. The third kappa shape index (κ3) is 5.16. The Balaban J connectivity index is 1.64. The molecule has 0 aliphatic rings. The molecule has 35 heavy (non-hydrogen) atoms. The molecule has 0 aliphatic heterocycles. The minimum Gasteiger partial charge on any atom is -0.382 e. The first kappa shape index (κ1) is 24.3. The normalized spacial score (nSPS) is 12.6. The molecular formula is C19H17ClF3N9O3. The first-order chi connectivity index (χ1) is 16.7. The van der Waals surface area contributed by atoms with E-state index < -0.39 is 29.7 Å². The third-order valence-corrected chi connectivity index (χ3v) is 4.87. The van der Waals surface area contributed by atoms with Crippen molar-refractivity contribution >= 4 is 34.7 Å². The molecule has 0 radical (unpaired) electrons. The van der Waals surface area contributed by atoms with Gasteiger partial charge in [0.1, 0.15) is 17.4 Å². The van der Waals surface area contributed by atoms with Gasteiger partial charge in [-0.25, -0.2) is 19.3 Å². The molecule has 2 amide bonds. The molecule has 0 bridgehead atoms. The molecule has 4 heterocycles. The second kappa shape index (κ2) is 9.81. The van der Waals surface area contributed by atoms with Gasteiger partial charge in [-0.1, -0.05) is 11.6 Å². The number of amides is 2. The highest BCUT2D eigenvalue weighted by molar-refractivity contribution is 6.29. The Morgan fingerprint density at radius 1 is 1.14 bits per heavy atom. The van der Waals surface area contributed by atoms with E-state index in [-0.39, 0.29) is 23.1 Å². The van der Waals surface area contributed by atoms with Gasteiger partial charge in [0, 0.05) is 20.3 Å². The number of aromatic nitrogens is 7. The summed E-state index contributed by atoms with van der Waals surface area (Å²) in [4.78, 5) is 21.4. The number of hydrogen-bond donors (Lipinski definition) is 2. The van der Waals surface area contributed by atoms with E-state index in [0.717, 1.165) is 17.1 Å². The van der Waals surface area contributed by atoms with Crippen LogP contribution in [-0.2, 0) is 15.7 Å². The zero-order chi connectivity index (χ0) is 25.2. The lowest BCUT2D eigenvalue weighted by atomic mass is 10.2. The summed E-state index contributed by atoms with van der Waals surface area (Å²) in [6.07, 6.45) is -0.642. The van der Waals surface area contributed by atoms with Gasteiger partial charge < -0.3 is 20.1 Å². The number of methoxy groups -OCH3 is 2. The molecule has 0 fully saturated rings. The number of ether oxygens (including phenoxy) is 2. The Bertz CT molecular complexity index is 1340. The number of anilines is 2. The van der Waals surface area contributed by atoms with Crippen LogP contribution in [-0.4, -0.2) is 61.4 Å². The van der Waals surface area contributed by atoms with E-state index in [9.17, 15) is 18.0 Å². The predicted molar refractivity (Wildman–Crippen MR) is 116 cm³/mol. The summed E-state index contributed by atoms with van der Waals surface area (Å²) in [6, 6.07) is 1.37. The number of carbonyl (C=O) groups excluding carboxylic acids is 1. The van der Waals surface area contributed by atoms with Crippen LogP contribution in [0.1, 0.15) is 17.4 Å². The fraction of sp³-hybridized carbons (Fsp3) is 0.263. The van der Waals surface area contributed by atoms with Gasteiger partial charge >= 0.3 is 12.2 Å². The zero-order valence-electron chi connectivity index (χ0n) is 18.1. The van der Waals surface area contributed by atoms with Crippen LogP contribution in [0.5, 0.6) is 0 Å². The Morgan fingerprint density at radius 3 is 2.54 bits per heavy atom. The summed E-state index contributed by atoms with van der Waals surface area (Å²) in [5.74, 6) is -0.538. The Labute approximate surface area is 200 Å². The maximum Gasteiger partial charge on any atom is 0.420 e. The molecule has 0 saturated heterocycles. The van der Waals surface area contributed by atoms with Crippen LogP contribution >= 0.6 is 11.6 Å². The van der Waals surface area contributed by atoms with Crippen LogP contribution in [0.25, 0.3) is 11.5 Å². The second-order valence-corrected chi connectivity index (χ2v) is 7.35. The average molecular weight is 512 g/mol. The molecule has 1 unspecified atom stereocenters. The average Bonchev–Trinajstić information content (AvgIpc) is 3.46. The van der Waals surface area contributed by atoms with Gasteiger partial charge in [0.25, 0.3) is 0 Å². The van der Waals surface area contributed by atoms with Gasteiger partial charge in [0.2, 0.25) is 0 Å². The quantitative estimate of drug-likeness (QED) is 0.386. The molecule has 0 spiro atoms. The van der Waals surface area contributed by atoms with Crippen molar-refractivity contribution < 1.29 is 27.4 Å². The number of hydrogen-bond acceptors (Lipinski definition) is 8. The smallest absolute Gasteiger partial charge is 0.382 e. The van der Waals surface area contributed by atoms with E-state index >= 15 is 0 Å². The van der Waals surface area contributed by atoms with Gasteiger partial charge in [-0.15, -0.1) is 4.80 Å². The molecule has 184 valence electrons. The van der Waals surface area contributed by atoms with Crippen molar-refractivity contribution in [2.45, 2.75) is 12.3 Å². The van der Waals surface area contributed by atoms with Crippen molar-refractivity contribution in [1.82, 2.24) is 34.6 Å². The lowest BCUT2D eigenvalue weighted by Crippen LogP contribution is -2.24. The molecule has 4 aromatic rings. The molecule has 4 aromatic heterocycles. The van der Waals surface area contributed by atoms with Crippen LogP contribution in [0.15, 0.2) is 36.9 Å². The lowest BCUT2D eigenvalue weighted by molar-refractivity contribution is -0.137. The minimum absolute atomic E-state index is 0.102. The highest BCUT2D eigenvalue weighted by atomic mass is 35.5. The first-order valence-electron chi connectivity index (χ1n) is 9.79. The summed E-state index contributed by atoms with van der Waals surface area (Å²) >= 11 is 5.99. The fourth-order valence-corrected chi connectivity index (χ4v) is 3.42. The largest absolute Gasteiger partial charge is 0.420 e. The van der Waals surface area contributed by atoms with Crippen molar-refractivity contribution in [1.29, 1.82) is 0 Å². The molecule has 0 saturated carbocycles. The summed E-state index contributed by atoms with van der Waals surface area (Å²) in [5, 5.41) is 16.5. The maximum absolute atomic E-state index is 13.6. The van der Waals surface area contributed by atoms with Crippen molar-refractivity contribution in [2.24, 2.45) is 0 Å². The minimum atomic E-state index is -4.78. The Kier molecular flexibility index (Phi) is 6.81. The predicted octanol–water partition coefficient (Wildman–Crippen LogP) is 3.36. The number of pyridine rings is 1. The monoisotopic (exact) mass is 511 g/mol. The lowest BCUT2D eigenvalue weighted by Gasteiger charge is -2.20. The van der Waals surface area contributed by atoms with Gasteiger partial charge in [-0.05, 0) is 6.07 Å². The van der Waals surface area contributed by atoms with Crippen molar-refractivity contribution in [3.63, 3.8) is 0 Å². The number of carbonyl (C=O) groups is 1. The maximum atomic E-state index is 13.6. The van der Waals surface area contributed by atoms with E-state index in [4.69, 9.17) is 21.1 Å². The highest BCUT2D eigenvalue weighted by Gasteiger charge is 2.36. The van der Waals surface area contributed by atoms with Crippen molar-refractivity contribution in [2.75, 3.05) is 31.5 Å². The number of nitrogens with zero attached hydrogens (tertiary/aromatic N) is 7.